The van der Waals surface area contributed by atoms with Crippen molar-refractivity contribution in [1.29, 1.82) is 0 Å². The number of alkyl carbamates (subject to hydrolysis) is 1. The average Bonchev–Trinajstić information content (AvgIpc) is 2.93. The van der Waals surface area contributed by atoms with Crippen LogP contribution in [0.2, 0.25) is 5.02 Å². The lowest BCUT2D eigenvalue weighted by atomic mass is 9.90. The number of amides is 1. The lowest BCUT2D eigenvalue weighted by molar-refractivity contribution is -0.148. The van der Waals surface area contributed by atoms with Crippen LogP contribution in [0.3, 0.4) is 0 Å². The molecule has 2 N–H and O–H groups in total. The van der Waals surface area contributed by atoms with E-state index in [9.17, 15) is 9.59 Å². The molecular weight excluding hydrogens is 622 g/mol. The highest BCUT2D eigenvalue weighted by molar-refractivity contribution is 9.10. The van der Waals surface area contributed by atoms with Crippen LogP contribution in [0, 0.1) is 5.92 Å². The fourth-order valence-electron chi connectivity index (χ4n) is 4.80. The van der Waals surface area contributed by atoms with Gasteiger partial charge in [0, 0.05) is 30.0 Å². The van der Waals surface area contributed by atoms with Crippen molar-refractivity contribution >= 4 is 45.3 Å². The van der Waals surface area contributed by atoms with Crippen LogP contribution in [0.5, 0.6) is 5.75 Å². The zero-order valence-electron chi connectivity index (χ0n) is 24.2. The lowest BCUT2D eigenvalue weighted by Gasteiger charge is -2.45. The Morgan fingerprint density at radius 1 is 1.02 bits per heavy atom. The van der Waals surface area contributed by atoms with Gasteiger partial charge in [0.05, 0.1) is 30.4 Å². The smallest absolute Gasteiger partial charge is 0.407 e. The molecule has 42 heavy (non-hydrogen) atoms. The Balaban J connectivity index is 1.42. The molecule has 8 nitrogen and oxygen atoms in total. The third-order valence-corrected chi connectivity index (χ3v) is 7.95. The molecule has 0 bridgehead atoms. The number of benzene rings is 3. The largest absolute Gasteiger partial charge is 0.475 e. The topological polar surface area (TPSA) is 89.1 Å². The summed E-state index contributed by atoms with van der Waals surface area (Å²) >= 11 is 9.86. The minimum atomic E-state index is -1.10. The molecule has 1 aliphatic heterocycles. The molecule has 4 rings (SSSR count). The van der Waals surface area contributed by atoms with E-state index in [2.05, 4.69) is 80.0 Å². The van der Waals surface area contributed by atoms with E-state index in [0.29, 0.717) is 33.4 Å². The zero-order valence-corrected chi connectivity index (χ0v) is 26.6. The fraction of sp³-hybridized carbons (Fsp3) is 0.375. The Bertz CT molecular complexity index is 1310. The van der Waals surface area contributed by atoms with E-state index < -0.39 is 23.8 Å². The van der Waals surface area contributed by atoms with E-state index >= 15 is 0 Å². The molecule has 1 amide bonds. The van der Waals surface area contributed by atoms with Gasteiger partial charge >= 0.3 is 12.1 Å². The Kier molecular flexibility index (Phi) is 10.8. The highest BCUT2D eigenvalue weighted by atomic mass is 79.9. The fourth-order valence-corrected chi connectivity index (χ4v) is 5.29. The summed E-state index contributed by atoms with van der Waals surface area (Å²) in [5.41, 5.74) is 2.48. The van der Waals surface area contributed by atoms with Gasteiger partial charge in [-0.2, -0.15) is 0 Å². The molecule has 1 atom stereocenters. The number of carbonyl (C=O) groups is 2. The average molecular weight is 659 g/mol. The number of rotatable bonds is 11. The standard InChI is InChI=1S/C32H37BrClN3O5/c1-32(2,3)42-31(39)36-18-28(30(38)40-4)41-27-15-24(33)25(34)16-26(27)35-17-21-19-37(20-21)29(22-11-7-5-8-12-22)23-13-9-6-10-14-23/h5-16,21,28-29,35H,17-20H2,1-4H3,(H,36,39). The van der Waals surface area contributed by atoms with Crippen molar-refractivity contribution in [3.8, 4) is 5.75 Å². The number of methoxy groups -OCH3 is 1. The second-order valence-corrected chi connectivity index (χ2v) is 12.5. The maximum atomic E-state index is 12.5. The van der Waals surface area contributed by atoms with E-state index in [4.69, 9.17) is 25.8 Å². The molecule has 0 spiro atoms. The van der Waals surface area contributed by atoms with Crippen LogP contribution in [0.1, 0.15) is 37.9 Å². The zero-order chi connectivity index (χ0) is 30.3. The second-order valence-electron chi connectivity index (χ2n) is 11.2. The predicted molar refractivity (Wildman–Crippen MR) is 168 cm³/mol. The first-order valence-corrected chi connectivity index (χ1v) is 15.0. The summed E-state index contributed by atoms with van der Waals surface area (Å²) < 4.78 is 16.9. The summed E-state index contributed by atoms with van der Waals surface area (Å²) in [4.78, 5) is 27.2. The molecule has 1 aliphatic rings. The molecule has 1 fully saturated rings. The minimum Gasteiger partial charge on any atom is -0.475 e. The molecule has 3 aromatic carbocycles. The van der Waals surface area contributed by atoms with E-state index in [-0.39, 0.29) is 12.6 Å². The lowest BCUT2D eigenvalue weighted by Crippen LogP contribution is -2.51. The second kappa shape index (κ2) is 14.3. The molecule has 224 valence electrons. The number of hydrogen-bond acceptors (Lipinski definition) is 7. The van der Waals surface area contributed by atoms with Crippen LogP contribution >= 0.6 is 27.5 Å². The Morgan fingerprint density at radius 3 is 2.17 bits per heavy atom. The van der Waals surface area contributed by atoms with Gasteiger partial charge in [-0.15, -0.1) is 0 Å². The summed E-state index contributed by atoms with van der Waals surface area (Å²) in [7, 11) is 1.27. The van der Waals surface area contributed by atoms with Crippen molar-refractivity contribution in [2.45, 2.75) is 38.5 Å². The summed E-state index contributed by atoms with van der Waals surface area (Å²) in [6.45, 7) is 7.64. The molecule has 0 saturated carbocycles. The quantitative estimate of drug-likeness (QED) is 0.222. The van der Waals surface area contributed by atoms with Crippen LogP contribution < -0.4 is 15.4 Å². The number of halogens is 2. The number of ether oxygens (including phenoxy) is 3. The molecule has 1 saturated heterocycles. The van der Waals surface area contributed by atoms with Gasteiger partial charge in [-0.1, -0.05) is 72.3 Å². The van der Waals surface area contributed by atoms with Gasteiger partial charge in [-0.05, 0) is 60.0 Å². The van der Waals surface area contributed by atoms with Crippen LogP contribution in [0.15, 0.2) is 77.3 Å². The van der Waals surface area contributed by atoms with E-state index in [1.54, 1.807) is 32.9 Å². The van der Waals surface area contributed by atoms with Gasteiger partial charge < -0.3 is 24.8 Å². The number of hydrogen-bond donors (Lipinski definition) is 2. The molecule has 0 aliphatic carbocycles. The monoisotopic (exact) mass is 657 g/mol. The van der Waals surface area contributed by atoms with E-state index in [1.165, 1.54) is 18.2 Å². The van der Waals surface area contributed by atoms with Gasteiger partial charge in [-0.25, -0.2) is 9.59 Å². The highest BCUT2D eigenvalue weighted by Gasteiger charge is 2.34. The minimum absolute atomic E-state index is 0.140. The third kappa shape index (κ3) is 8.63. The maximum absolute atomic E-state index is 12.5. The Hall–Kier alpha value is -3.27. The number of carbonyl (C=O) groups excluding carboxylic acids is 2. The van der Waals surface area contributed by atoms with Crippen LogP contribution in [0.25, 0.3) is 0 Å². The molecule has 0 aromatic heterocycles. The van der Waals surface area contributed by atoms with E-state index in [1.807, 2.05) is 12.1 Å². The normalized spacial score (nSPS) is 14.5. The molecular formula is C32H37BrClN3O5. The summed E-state index contributed by atoms with van der Waals surface area (Å²) in [6.07, 6.45) is -1.76. The van der Waals surface area contributed by atoms with Gasteiger partial charge in [0.15, 0.2) is 0 Å². The van der Waals surface area contributed by atoms with Gasteiger partial charge in [0.1, 0.15) is 11.4 Å². The van der Waals surface area contributed by atoms with Crippen molar-refractivity contribution < 1.29 is 23.8 Å². The van der Waals surface area contributed by atoms with Crippen molar-refractivity contribution in [3.05, 3.63) is 93.4 Å². The third-order valence-electron chi connectivity index (χ3n) is 6.75. The Labute approximate surface area is 260 Å². The first-order valence-electron chi connectivity index (χ1n) is 13.8. The van der Waals surface area contributed by atoms with Crippen molar-refractivity contribution in [3.63, 3.8) is 0 Å². The van der Waals surface area contributed by atoms with Crippen LogP contribution in [-0.4, -0.2) is 62.0 Å². The molecule has 0 radical (unpaired) electrons. The van der Waals surface area contributed by atoms with Gasteiger partial charge in [-0.3, -0.25) is 4.90 Å². The SMILES string of the molecule is COC(=O)C(CNC(=O)OC(C)(C)C)Oc1cc(Br)c(Cl)cc1NCC1CN(C(c2ccccc2)c2ccccc2)C1. The first kappa shape index (κ1) is 31.7. The molecule has 1 unspecified atom stereocenters. The molecule has 10 heteroatoms. The summed E-state index contributed by atoms with van der Waals surface area (Å²) in [5.74, 6) is 0.154. The number of nitrogens with one attached hydrogen (secondary N) is 2. The van der Waals surface area contributed by atoms with Gasteiger partial charge in [0.2, 0.25) is 6.10 Å². The molecule has 3 aromatic rings. The number of nitrogens with zero attached hydrogens (tertiary/aromatic N) is 1. The number of likely N-dealkylation sites (tertiary alicyclic amines) is 1. The van der Waals surface area contributed by atoms with Crippen molar-refractivity contribution in [1.82, 2.24) is 10.2 Å². The van der Waals surface area contributed by atoms with Gasteiger partial charge in [0.25, 0.3) is 0 Å². The Morgan fingerprint density at radius 2 is 1.62 bits per heavy atom. The first-order chi connectivity index (χ1) is 20.0. The molecule has 1 heterocycles. The predicted octanol–water partition coefficient (Wildman–Crippen LogP) is 6.68. The van der Waals surface area contributed by atoms with Crippen molar-refractivity contribution in [2.24, 2.45) is 5.92 Å². The number of esters is 1. The van der Waals surface area contributed by atoms with E-state index in [0.717, 1.165) is 13.1 Å². The maximum Gasteiger partial charge on any atom is 0.407 e. The van der Waals surface area contributed by atoms with Crippen LogP contribution in [-0.2, 0) is 14.3 Å². The summed E-state index contributed by atoms with van der Waals surface area (Å²) in [5, 5.41) is 6.53. The number of anilines is 1. The van der Waals surface area contributed by atoms with Crippen molar-refractivity contribution in [2.75, 3.05) is 38.6 Å². The summed E-state index contributed by atoms with van der Waals surface area (Å²) in [6, 6.07) is 24.7. The highest BCUT2D eigenvalue weighted by Crippen LogP contribution is 2.37. The van der Waals surface area contributed by atoms with Crippen LogP contribution in [0.4, 0.5) is 10.5 Å².